The Morgan fingerprint density at radius 3 is 2.48 bits per heavy atom. The number of aliphatic imine (C=N–C) groups is 1. The second-order valence-corrected chi connectivity index (χ2v) is 7.49. The Morgan fingerprint density at radius 2 is 1.91 bits per heavy atom. The highest BCUT2D eigenvalue weighted by Gasteiger charge is 2.48. The molecule has 0 aromatic heterocycles. The highest BCUT2D eigenvalue weighted by Crippen LogP contribution is 2.57. The van der Waals surface area contributed by atoms with Crippen molar-refractivity contribution in [3.63, 3.8) is 0 Å². The zero-order valence-corrected chi connectivity index (χ0v) is 17.3. The molecule has 1 atom stereocenters. The first-order chi connectivity index (χ1) is 10.8. The van der Waals surface area contributed by atoms with Gasteiger partial charge in [-0.25, -0.2) is 0 Å². The van der Waals surface area contributed by atoms with Crippen molar-refractivity contribution >= 4 is 29.9 Å². The molecule has 3 aliphatic rings. The van der Waals surface area contributed by atoms with Crippen LogP contribution >= 0.6 is 24.0 Å². The normalized spacial score (nSPS) is 27.2. The molecule has 0 aromatic rings. The zero-order chi connectivity index (χ0) is 15.4. The number of halogens is 1. The van der Waals surface area contributed by atoms with E-state index in [-0.39, 0.29) is 24.0 Å². The lowest BCUT2D eigenvalue weighted by molar-refractivity contribution is 0.113. The van der Waals surface area contributed by atoms with Crippen molar-refractivity contribution < 1.29 is 0 Å². The third-order valence-corrected chi connectivity index (χ3v) is 6.10. The van der Waals surface area contributed by atoms with Gasteiger partial charge >= 0.3 is 0 Å². The summed E-state index contributed by atoms with van der Waals surface area (Å²) in [6.07, 6.45) is 9.81. The largest absolute Gasteiger partial charge is 0.357 e. The maximum absolute atomic E-state index is 4.96. The molecular formula is C18H35IN4. The average molecular weight is 434 g/mol. The van der Waals surface area contributed by atoms with Gasteiger partial charge in [-0.1, -0.05) is 13.3 Å². The molecule has 0 aromatic carbocycles. The van der Waals surface area contributed by atoms with E-state index < -0.39 is 0 Å². The second-order valence-electron chi connectivity index (χ2n) is 7.49. The highest BCUT2D eigenvalue weighted by atomic mass is 127. The van der Waals surface area contributed by atoms with Gasteiger partial charge < -0.3 is 10.6 Å². The molecule has 0 radical (unpaired) electrons. The van der Waals surface area contributed by atoms with E-state index in [2.05, 4.69) is 29.4 Å². The van der Waals surface area contributed by atoms with Crippen molar-refractivity contribution in [3.8, 4) is 0 Å². The molecule has 0 spiro atoms. The fraction of sp³-hybridized carbons (Fsp3) is 0.944. The second kappa shape index (κ2) is 8.88. The molecule has 0 bridgehead atoms. The van der Waals surface area contributed by atoms with Gasteiger partial charge in [-0.15, -0.1) is 24.0 Å². The van der Waals surface area contributed by atoms with Gasteiger partial charge in [0.05, 0.1) is 0 Å². The van der Waals surface area contributed by atoms with Crippen molar-refractivity contribution in [1.82, 2.24) is 15.5 Å². The predicted molar refractivity (Wildman–Crippen MR) is 109 cm³/mol. The molecule has 1 aliphatic heterocycles. The first kappa shape index (κ1) is 19.3. The summed E-state index contributed by atoms with van der Waals surface area (Å²) in [6, 6.07) is 0.690. The van der Waals surface area contributed by atoms with Crippen molar-refractivity contribution in [1.29, 1.82) is 0 Å². The summed E-state index contributed by atoms with van der Waals surface area (Å²) in [5.41, 5.74) is 0.575. The third-order valence-electron chi connectivity index (χ3n) is 6.10. The first-order valence-electron chi connectivity index (χ1n) is 9.53. The SMILES string of the molecule is CCNC(=NCC1(C2CC2)CCC1)NCC1CCCN1CC.I. The van der Waals surface area contributed by atoms with Crippen LogP contribution in [0.1, 0.15) is 58.8 Å². The molecule has 3 fully saturated rings. The molecule has 2 N–H and O–H groups in total. The molecule has 2 saturated carbocycles. The summed E-state index contributed by atoms with van der Waals surface area (Å²) in [4.78, 5) is 7.55. The Morgan fingerprint density at radius 1 is 1.13 bits per heavy atom. The van der Waals surface area contributed by atoms with E-state index in [1.54, 1.807) is 0 Å². The zero-order valence-electron chi connectivity index (χ0n) is 14.9. The number of likely N-dealkylation sites (N-methyl/N-ethyl adjacent to an activating group) is 1. The van der Waals surface area contributed by atoms with Crippen LogP contribution in [-0.4, -0.2) is 49.6 Å². The van der Waals surface area contributed by atoms with Crippen LogP contribution in [-0.2, 0) is 0 Å². The Hall–Kier alpha value is -0.0400. The molecule has 134 valence electrons. The van der Waals surface area contributed by atoms with Crippen molar-refractivity contribution in [3.05, 3.63) is 0 Å². The minimum Gasteiger partial charge on any atom is -0.357 e. The summed E-state index contributed by atoms with van der Waals surface area (Å²) in [5, 5.41) is 7.04. The standard InChI is InChI=1S/C18H34N4.HI/c1-3-19-17(20-13-16-7-5-12-22(16)4-2)21-14-18(10-6-11-18)15-8-9-15;/h15-16H,3-14H2,1-2H3,(H2,19,20,21);1H. The van der Waals surface area contributed by atoms with E-state index in [9.17, 15) is 0 Å². The maximum Gasteiger partial charge on any atom is 0.191 e. The Kier molecular flexibility index (Phi) is 7.45. The lowest BCUT2D eigenvalue weighted by Gasteiger charge is -2.41. The monoisotopic (exact) mass is 434 g/mol. The number of rotatable bonds is 7. The van der Waals surface area contributed by atoms with Crippen molar-refractivity contribution in [2.45, 2.75) is 64.8 Å². The maximum atomic E-state index is 4.96. The van der Waals surface area contributed by atoms with Crippen LogP contribution in [0.4, 0.5) is 0 Å². The van der Waals surface area contributed by atoms with Crippen molar-refractivity contribution in [2.75, 3.05) is 32.7 Å². The number of nitrogens with one attached hydrogen (secondary N) is 2. The molecule has 1 saturated heterocycles. The highest BCUT2D eigenvalue weighted by molar-refractivity contribution is 14.0. The fourth-order valence-electron chi connectivity index (χ4n) is 4.36. The lowest BCUT2D eigenvalue weighted by atomic mass is 9.65. The number of nitrogens with zero attached hydrogens (tertiary/aromatic N) is 2. The Balaban J connectivity index is 0.00000192. The Bertz CT molecular complexity index is 390. The summed E-state index contributed by atoms with van der Waals surface area (Å²) in [6.45, 7) is 9.89. The van der Waals surface area contributed by atoms with E-state index in [1.807, 2.05) is 0 Å². The van der Waals surface area contributed by atoms with Gasteiger partial charge in [-0.05, 0) is 69.9 Å². The van der Waals surface area contributed by atoms with Gasteiger partial charge in [-0.2, -0.15) is 0 Å². The number of hydrogen-bond acceptors (Lipinski definition) is 2. The summed E-state index contributed by atoms with van der Waals surface area (Å²) in [7, 11) is 0. The van der Waals surface area contributed by atoms with Crippen LogP contribution in [0.2, 0.25) is 0 Å². The van der Waals surface area contributed by atoms with Crippen molar-refractivity contribution in [2.24, 2.45) is 16.3 Å². The van der Waals surface area contributed by atoms with Gasteiger partial charge in [0.1, 0.15) is 0 Å². The molecular weight excluding hydrogens is 399 g/mol. The van der Waals surface area contributed by atoms with Crippen LogP contribution in [0.25, 0.3) is 0 Å². The molecule has 4 nitrogen and oxygen atoms in total. The number of guanidine groups is 1. The van der Waals surface area contributed by atoms with Gasteiger partial charge in [0, 0.05) is 25.7 Å². The van der Waals surface area contributed by atoms with E-state index in [1.165, 1.54) is 58.0 Å². The van der Waals surface area contributed by atoms with Gasteiger partial charge in [0.2, 0.25) is 0 Å². The van der Waals surface area contributed by atoms with Crippen LogP contribution < -0.4 is 10.6 Å². The fourth-order valence-corrected chi connectivity index (χ4v) is 4.36. The van der Waals surface area contributed by atoms with E-state index >= 15 is 0 Å². The molecule has 1 unspecified atom stereocenters. The van der Waals surface area contributed by atoms with Gasteiger partial charge in [0.25, 0.3) is 0 Å². The van der Waals surface area contributed by atoms with Crippen LogP contribution in [0.15, 0.2) is 4.99 Å². The molecule has 1 heterocycles. The smallest absolute Gasteiger partial charge is 0.191 e. The summed E-state index contributed by atoms with van der Waals surface area (Å²) >= 11 is 0. The number of hydrogen-bond donors (Lipinski definition) is 2. The van der Waals surface area contributed by atoms with Crippen LogP contribution in [0, 0.1) is 11.3 Å². The number of likely N-dealkylation sites (tertiary alicyclic amines) is 1. The Labute approximate surface area is 159 Å². The molecule has 3 rings (SSSR count). The van der Waals surface area contributed by atoms with E-state index in [4.69, 9.17) is 4.99 Å². The average Bonchev–Trinajstić information content (AvgIpc) is 3.22. The predicted octanol–water partition coefficient (Wildman–Crippen LogP) is 3.22. The van der Waals surface area contributed by atoms with Crippen LogP contribution in [0.3, 0.4) is 0 Å². The summed E-state index contributed by atoms with van der Waals surface area (Å²) in [5.74, 6) is 2.02. The molecule has 23 heavy (non-hydrogen) atoms. The summed E-state index contributed by atoms with van der Waals surface area (Å²) < 4.78 is 0. The van der Waals surface area contributed by atoms with E-state index in [0.29, 0.717) is 11.5 Å². The van der Waals surface area contributed by atoms with E-state index in [0.717, 1.165) is 31.5 Å². The molecule has 0 amide bonds. The molecule has 5 heteroatoms. The third kappa shape index (κ3) is 4.74. The first-order valence-corrected chi connectivity index (χ1v) is 9.53. The molecule has 2 aliphatic carbocycles. The quantitative estimate of drug-likeness (QED) is 0.367. The van der Waals surface area contributed by atoms with Crippen LogP contribution in [0.5, 0.6) is 0 Å². The minimum atomic E-state index is 0. The van der Waals surface area contributed by atoms with Gasteiger partial charge in [0.15, 0.2) is 5.96 Å². The minimum absolute atomic E-state index is 0. The topological polar surface area (TPSA) is 39.7 Å². The van der Waals surface area contributed by atoms with Gasteiger partial charge in [-0.3, -0.25) is 9.89 Å². The lowest BCUT2D eigenvalue weighted by Crippen LogP contribution is -2.45.